The molecule has 0 amide bonds. The van der Waals surface area contributed by atoms with Crippen molar-refractivity contribution in [3.8, 4) is 0 Å². The molecule has 0 saturated carbocycles. The van der Waals surface area contributed by atoms with Crippen LogP contribution in [0.4, 0.5) is 0 Å². The first kappa shape index (κ1) is 13.7. The summed E-state index contributed by atoms with van der Waals surface area (Å²) >= 11 is 1.79. The number of nitrogens with zero attached hydrogens (tertiary/aromatic N) is 1. The lowest BCUT2D eigenvalue weighted by molar-refractivity contribution is 0.564. The third-order valence-corrected chi connectivity index (χ3v) is 3.82. The highest BCUT2D eigenvalue weighted by Gasteiger charge is 1.95. The summed E-state index contributed by atoms with van der Waals surface area (Å²) in [5, 5.41) is 3.38. The highest BCUT2D eigenvalue weighted by molar-refractivity contribution is 7.09. The number of aryl methyl sites for hydroxylation is 1. The van der Waals surface area contributed by atoms with E-state index in [-0.39, 0.29) is 0 Å². The molecule has 0 aromatic carbocycles. The molecular weight excluding hydrogens is 214 g/mol. The van der Waals surface area contributed by atoms with Crippen LogP contribution in [-0.2, 0) is 6.42 Å². The van der Waals surface area contributed by atoms with E-state index in [0.717, 1.165) is 0 Å². The Labute approximate surface area is 104 Å². The zero-order valence-corrected chi connectivity index (χ0v) is 11.4. The van der Waals surface area contributed by atoms with Crippen LogP contribution in [0.5, 0.6) is 0 Å². The van der Waals surface area contributed by atoms with E-state index in [9.17, 15) is 0 Å². The van der Waals surface area contributed by atoms with Crippen molar-refractivity contribution in [3.63, 3.8) is 0 Å². The smallest absolute Gasteiger partial charge is 0.0924 e. The largest absolute Gasteiger partial charge is 0.250 e. The van der Waals surface area contributed by atoms with E-state index in [4.69, 9.17) is 0 Å². The number of unbranched alkanes of at least 4 members (excludes halogenated alkanes) is 8. The van der Waals surface area contributed by atoms with Gasteiger partial charge in [-0.25, -0.2) is 4.98 Å². The fraction of sp³-hybridized carbons (Fsp3) is 0.786. The minimum absolute atomic E-state index is 1.19. The van der Waals surface area contributed by atoms with E-state index in [0.29, 0.717) is 0 Å². The van der Waals surface area contributed by atoms with E-state index in [1.807, 2.05) is 6.20 Å². The molecular formula is C14H25NS. The van der Waals surface area contributed by atoms with Crippen LogP contribution in [0, 0.1) is 0 Å². The molecule has 1 aromatic heterocycles. The van der Waals surface area contributed by atoms with Crippen LogP contribution in [-0.4, -0.2) is 4.98 Å². The molecule has 1 nitrogen and oxygen atoms in total. The van der Waals surface area contributed by atoms with Crippen molar-refractivity contribution in [3.05, 3.63) is 16.6 Å². The summed E-state index contributed by atoms with van der Waals surface area (Å²) in [7, 11) is 0. The lowest BCUT2D eigenvalue weighted by Gasteiger charge is -2.00. The first-order valence-electron chi connectivity index (χ1n) is 6.82. The second kappa shape index (κ2) is 9.83. The van der Waals surface area contributed by atoms with E-state index in [1.165, 1.54) is 69.2 Å². The molecule has 92 valence electrons. The molecule has 0 saturated heterocycles. The predicted octanol–water partition coefficient (Wildman–Crippen LogP) is 5.22. The molecule has 2 heteroatoms. The molecule has 0 unspecified atom stereocenters. The molecule has 0 spiro atoms. The maximum absolute atomic E-state index is 4.30. The van der Waals surface area contributed by atoms with Crippen LogP contribution in [0.2, 0.25) is 0 Å². The van der Waals surface area contributed by atoms with Gasteiger partial charge < -0.3 is 0 Å². The number of hydrogen-bond acceptors (Lipinski definition) is 2. The molecule has 1 rings (SSSR count). The Hall–Kier alpha value is -0.370. The fourth-order valence-electron chi connectivity index (χ4n) is 1.96. The molecule has 0 radical (unpaired) electrons. The lowest BCUT2D eigenvalue weighted by atomic mass is 10.1. The summed E-state index contributed by atoms with van der Waals surface area (Å²) in [6.45, 7) is 2.28. The number of thiazole rings is 1. The van der Waals surface area contributed by atoms with Crippen molar-refractivity contribution in [2.45, 2.75) is 71.1 Å². The van der Waals surface area contributed by atoms with Crippen LogP contribution >= 0.6 is 11.3 Å². The Bertz CT molecular complexity index is 231. The third-order valence-electron chi connectivity index (χ3n) is 2.98. The summed E-state index contributed by atoms with van der Waals surface area (Å²) in [6, 6.07) is 0. The average molecular weight is 239 g/mol. The molecule has 16 heavy (non-hydrogen) atoms. The second-order valence-corrected chi connectivity index (χ2v) is 5.48. The molecule has 0 aliphatic heterocycles. The third kappa shape index (κ3) is 7.00. The lowest BCUT2D eigenvalue weighted by Crippen LogP contribution is -1.85. The summed E-state index contributed by atoms with van der Waals surface area (Å²) in [5.41, 5.74) is 0. The van der Waals surface area contributed by atoms with Gasteiger partial charge in [0.2, 0.25) is 0 Å². The normalized spacial score (nSPS) is 10.8. The van der Waals surface area contributed by atoms with Gasteiger partial charge in [0.15, 0.2) is 0 Å². The number of aromatic nitrogens is 1. The Morgan fingerprint density at radius 1 is 0.938 bits per heavy atom. The summed E-state index contributed by atoms with van der Waals surface area (Å²) in [5.74, 6) is 0. The van der Waals surface area contributed by atoms with E-state index in [2.05, 4.69) is 17.3 Å². The van der Waals surface area contributed by atoms with Crippen LogP contribution in [0.25, 0.3) is 0 Å². The van der Waals surface area contributed by atoms with Crippen molar-refractivity contribution >= 4 is 11.3 Å². The van der Waals surface area contributed by atoms with Gasteiger partial charge >= 0.3 is 0 Å². The standard InChI is InChI=1S/C14H25NS/c1-2-3-4-5-6-7-8-9-10-11-14-15-12-13-16-14/h12-13H,2-11H2,1H3. The van der Waals surface area contributed by atoms with Gasteiger partial charge in [0.05, 0.1) is 5.01 Å². The van der Waals surface area contributed by atoms with Gasteiger partial charge in [-0.2, -0.15) is 0 Å². The van der Waals surface area contributed by atoms with Crippen LogP contribution in [0.1, 0.15) is 69.7 Å². The molecule has 0 atom stereocenters. The molecule has 1 heterocycles. The van der Waals surface area contributed by atoms with Crippen LogP contribution in [0.15, 0.2) is 11.6 Å². The van der Waals surface area contributed by atoms with Gasteiger partial charge in [0.1, 0.15) is 0 Å². The van der Waals surface area contributed by atoms with Crippen molar-refractivity contribution in [2.24, 2.45) is 0 Å². The maximum atomic E-state index is 4.30. The molecule has 0 N–H and O–H groups in total. The Kier molecular flexibility index (Phi) is 8.41. The minimum Gasteiger partial charge on any atom is -0.250 e. The predicted molar refractivity (Wildman–Crippen MR) is 73.0 cm³/mol. The van der Waals surface area contributed by atoms with Crippen molar-refractivity contribution in [1.29, 1.82) is 0 Å². The molecule has 1 aromatic rings. The summed E-state index contributed by atoms with van der Waals surface area (Å²) in [4.78, 5) is 4.30. The molecule has 0 bridgehead atoms. The van der Waals surface area contributed by atoms with Crippen LogP contribution in [0.3, 0.4) is 0 Å². The zero-order valence-electron chi connectivity index (χ0n) is 10.6. The maximum Gasteiger partial charge on any atom is 0.0924 e. The molecule has 0 aliphatic carbocycles. The second-order valence-electron chi connectivity index (χ2n) is 4.50. The van der Waals surface area contributed by atoms with Gasteiger partial charge in [-0.1, -0.05) is 58.3 Å². The van der Waals surface area contributed by atoms with Gasteiger partial charge in [-0.15, -0.1) is 11.3 Å². The van der Waals surface area contributed by atoms with E-state index < -0.39 is 0 Å². The fourth-order valence-corrected chi connectivity index (χ4v) is 2.63. The van der Waals surface area contributed by atoms with Crippen molar-refractivity contribution < 1.29 is 0 Å². The van der Waals surface area contributed by atoms with Gasteiger partial charge in [0.25, 0.3) is 0 Å². The summed E-state index contributed by atoms with van der Waals surface area (Å²) < 4.78 is 0. The summed E-state index contributed by atoms with van der Waals surface area (Å²) in [6.07, 6.45) is 15.8. The minimum atomic E-state index is 1.19. The quantitative estimate of drug-likeness (QED) is 0.510. The molecule has 0 fully saturated rings. The van der Waals surface area contributed by atoms with Crippen molar-refractivity contribution in [1.82, 2.24) is 4.98 Å². The topological polar surface area (TPSA) is 12.9 Å². The average Bonchev–Trinajstić information content (AvgIpc) is 2.80. The first-order chi connectivity index (χ1) is 7.93. The Balaban J connectivity index is 1.78. The van der Waals surface area contributed by atoms with Gasteiger partial charge in [-0.3, -0.25) is 0 Å². The van der Waals surface area contributed by atoms with Crippen LogP contribution < -0.4 is 0 Å². The highest BCUT2D eigenvalue weighted by Crippen LogP contribution is 2.12. The Morgan fingerprint density at radius 2 is 1.56 bits per heavy atom. The number of hydrogen-bond donors (Lipinski definition) is 0. The van der Waals surface area contributed by atoms with Gasteiger partial charge in [0, 0.05) is 11.6 Å². The SMILES string of the molecule is CCCCCCCCCCCc1nccs1. The molecule has 0 aliphatic rings. The monoisotopic (exact) mass is 239 g/mol. The first-order valence-corrected chi connectivity index (χ1v) is 7.70. The van der Waals surface area contributed by atoms with Gasteiger partial charge in [-0.05, 0) is 12.8 Å². The highest BCUT2D eigenvalue weighted by atomic mass is 32.1. The van der Waals surface area contributed by atoms with Crippen molar-refractivity contribution in [2.75, 3.05) is 0 Å². The number of rotatable bonds is 10. The zero-order chi connectivity index (χ0) is 11.5. The van der Waals surface area contributed by atoms with E-state index >= 15 is 0 Å². The Morgan fingerprint density at radius 3 is 2.12 bits per heavy atom. The van der Waals surface area contributed by atoms with E-state index in [1.54, 1.807) is 11.3 Å².